The number of anilines is 1. The molecule has 0 amide bonds. The van der Waals surface area contributed by atoms with E-state index in [2.05, 4.69) is 62.7 Å². The summed E-state index contributed by atoms with van der Waals surface area (Å²) in [5.41, 5.74) is 6.08. The Morgan fingerprint density at radius 2 is 2.07 bits per heavy atom. The lowest BCUT2D eigenvalue weighted by molar-refractivity contribution is -0.0321. The van der Waals surface area contributed by atoms with Crippen molar-refractivity contribution in [1.29, 1.82) is 0 Å². The van der Waals surface area contributed by atoms with E-state index in [9.17, 15) is 4.79 Å². The SMILES string of the molecule is CC[C@H]1O[C@@H](n2cnc3c(=O)[nH]c(N)nc32)C(O[Si](C)(C)C(C)(C)C)[C@H]1C. The highest BCUT2D eigenvalue weighted by molar-refractivity contribution is 6.74. The van der Waals surface area contributed by atoms with Gasteiger partial charge in [-0.05, 0) is 24.6 Å². The molecule has 0 saturated carbocycles. The summed E-state index contributed by atoms with van der Waals surface area (Å²) in [7, 11) is -2.02. The molecule has 2 aromatic heterocycles. The van der Waals surface area contributed by atoms with Crippen molar-refractivity contribution >= 4 is 25.4 Å². The van der Waals surface area contributed by atoms with Gasteiger partial charge in [0.1, 0.15) is 0 Å². The van der Waals surface area contributed by atoms with Crippen molar-refractivity contribution in [3.8, 4) is 0 Å². The van der Waals surface area contributed by atoms with Crippen molar-refractivity contribution in [2.45, 2.75) is 77.6 Å². The largest absolute Gasteiger partial charge is 0.409 e. The van der Waals surface area contributed by atoms with Crippen molar-refractivity contribution in [1.82, 2.24) is 19.5 Å². The predicted molar refractivity (Wildman–Crippen MR) is 108 cm³/mol. The van der Waals surface area contributed by atoms with Crippen LogP contribution in [0.4, 0.5) is 5.95 Å². The molecule has 9 heteroatoms. The topological polar surface area (TPSA) is 108 Å². The third kappa shape index (κ3) is 3.43. The molecule has 0 radical (unpaired) electrons. The molecule has 0 spiro atoms. The van der Waals surface area contributed by atoms with Gasteiger partial charge < -0.3 is 14.9 Å². The molecule has 2 aromatic rings. The Hall–Kier alpha value is -1.71. The Labute approximate surface area is 160 Å². The Bertz CT molecular complexity index is 885. The standard InChI is InChI=1S/C18H31N5O3Si/c1-8-11-10(2)13(26-27(6,7)18(3,4)5)16(25-11)23-9-20-12-14(23)21-17(19)22-15(12)24/h9-11,13,16H,8H2,1-7H3,(H3,19,21,22,24)/t10-,11+,13?,16+/m0/s1. The van der Waals surface area contributed by atoms with Crippen molar-refractivity contribution in [2.75, 3.05) is 5.73 Å². The lowest BCUT2D eigenvalue weighted by Crippen LogP contribution is -2.46. The second-order valence-corrected chi connectivity index (χ2v) is 13.7. The average molecular weight is 394 g/mol. The van der Waals surface area contributed by atoms with Gasteiger partial charge in [-0.1, -0.05) is 34.6 Å². The maximum Gasteiger partial charge on any atom is 0.280 e. The van der Waals surface area contributed by atoms with E-state index in [1.807, 2.05) is 0 Å². The zero-order chi connectivity index (χ0) is 20.1. The lowest BCUT2D eigenvalue weighted by Gasteiger charge is -2.40. The molecule has 1 saturated heterocycles. The van der Waals surface area contributed by atoms with E-state index < -0.39 is 14.5 Å². The van der Waals surface area contributed by atoms with Gasteiger partial charge in [0.05, 0.1) is 18.5 Å². The van der Waals surface area contributed by atoms with E-state index in [4.69, 9.17) is 14.9 Å². The van der Waals surface area contributed by atoms with Crippen molar-refractivity contribution in [3.63, 3.8) is 0 Å². The third-order valence-corrected chi connectivity index (χ3v) is 10.5. The number of hydrogen-bond acceptors (Lipinski definition) is 6. The Balaban J connectivity index is 2.06. The number of ether oxygens (including phenoxy) is 1. The van der Waals surface area contributed by atoms with Crippen LogP contribution in [0.1, 0.15) is 47.3 Å². The molecule has 8 nitrogen and oxygen atoms in total. The molecule has 1 unspecified atom stereocenters. The van der Waals surface area contributed by atoms with Gasteiger partial charge in [0.25, 0.3) is 5.56 Å². The van der Waals surface area contributed by atoms with Crippen LogP contribution < -0.4 is 11.3 Å². The minimum atomic E-state index is -2.02. The fraction of sp³-hybridized carbons (Fsp3) is 0.722. The van der Waals surface area contributed by atoms with E-state index in [0.29, 0.717) is 5.65 Å². The normalized spacial score (nSPS) is 26.8. The number of nitrogens with zero attached hydrogens (tertiary/aromatic N) is 3. The first-order valence-electron chi connectivity index (χ1n) is 9.52. The van der Waals surface area contributed by atoms with Gasteiger partial charge in [0.15, 0.2) is 25.7 Å². The molecule has 3 N–H and O–H groups in total. The van der Waals surface area contributed by atoms with Gasteiger partial charge in [-0.25, -0.2) is 4.98 Å². The minimum absolute atomic E-state index is 0.0641. The Morgan fingerprint density at radius 3 is 2.67 bits per heavy atom. The Morgan fingerprint density at radius 1 is 1.41 bits per heavy atom. The van der Waals surface area contributed by atoms with E-state index in [0.717, 1.165) is 6.42 Å². The van der Waals surface area contributed by atoms with Crippen LogP contribution in [-0.4, -0.2) is 40.0 Å². The van der Waals surface area contributed by atoms with Crippen molar-refractivity contribution in [3.05, 3.63) is 16.7 Å². The molecule has 150 valence electrons. The number of nitrogens with one attached hydrogen (secondary N) is 1. The second-order valence-electron chi connectivity index (χ2n) is 8.95. The summed E-state index contributed by atoms with van der Waals surface area (Å²) in [4.78, 5) is 23.2. The maximum atomic E-state index is 12.1. The monoisotopic (exact) mass is 393 g/mol. The first-order valence-corrected chi connectivity index (χ1v) is 12.4. The van der Waals surface area contributed by atoms with Crippen LogP contribution >= 0.6 is 0 Å². The summed E-state index contributed by atoms with van der Waals surface area (Å²) in [5, 5.41) is 0.0817. The molecule has 3 rings (SSSR count). The minimum Gasteiger partial charge on any atom is -0.409 e. The summed E-state index contributed by atoms with van der Waals surface area (Å²) in [6.07, 6.45) is 2.02. The zero-order valence-corrected chi connectivity index (χ0v) is 18.2. The number of nitrogen functional groups attached to an aromatic ring is 1. The van der Waals surface area contributed by atoms with Crippen LogP contribution in [-0.2, 0) is 9.16 Å². The molecular weight excluding hydrogens is 362 g/mol. The first-order chi connectivity index (χ1) is 12.5. The van der Waals surface area contributed by atoms with E-state index in [-0.39, 0.29) is 40.2 Å². The second kappa shape index (κ2) is 6.71. The van der Waals surface area contributed by atoms with Gasteiger partial charge in [0.2, 0.25) is 5.95 Å². The lowest BCUT2D eigenvalue weighted by atomic mass is 9.99. The highest BCUT2D eigenvalue weighted by Gasteiger charge is 2.48. The average Bonchev–Trinajstić information content (AvgIpc) is 3.08. The highest BCUT2D eigenvalue weighted by atomic mass is 28.4. The van der Waals surface area contributed by atoms with Gasteiger partial charge in [-0.3, -0.25) is 14.3 Å². The number of H-pyrrole nitrogens is 1. The van der Waals surface area contributed by atoms with E-state index in [1.165, 1.54) is 0 Å². The number of hydrogen-bond donors (Lipinski definition) is 2. The molecule has 0 aliphatic carbocycles. The number of aromatic amines is 1. The molecule has 1 aliphatic heterocycles. The molecule has 0 aromatic carbocycles. The number of nitrogens with two attached hydrogens (primary N) is 1. The number of fused-ring (bicyclic) bond motifs is 1. The van der Waals surface area contributed by atoms with Crippen LogP contribution in [0.15, 0.2) is 11.1 Å². The van der Waals surface area contributed by atoms with E-state index >= 15 is 0 Å². The highest BCUT2D eigenvalue weighted by Crippen LogP contribution is 2.44. The fourth-order valence-corrected chi connectivity index (χ4v) is 4.72. The number of aromatic nitrogens is 4. The van der Waals surface area contributed by atoms with Crippen molar-refractivity contribution in [2.24, 2.45) is 5.92 Å². The van der Waals surface area contributed by atoms with Crippen LogP contribution in [0.2, 0.25) is 18.1 Å². The summed E-state index contributed by atoms with van der Waals surface area (Å²) < 4.78 is 14.9. The van der Waals surface area contributed by atoms with Crippen LogP contribution in [0.5, 0.6) is 0 Å². The van der Waals surface area contributed by atoms with Crippen molar-refractivity contribution < 1.29 is 9.16 Å². The maximum absolute atomic E-state index is 12.1. The molecule has 1 aliphatic rings. The number of imidazole rings is 1. The summed E-state index contributed by atoms with van der Waals surface area (Å²) in [6.45, 7) is 15.4. The number of rotatable bonds is 4. The van der Waals surface area contributed by atoms with Gasteiger partial charge in [-0.2, -0.15) is 4.98 Å². The fourth-order valence-electron chi connectivity index (χ4n) is 3.36. The van der Waals surface area contributed by atoms with Crippen LogP contribution in [0.3, 0.4) is 0 Å². The third-order valence-electron chi connectivity index (χ3n) is 6.06. The Kier molecular flexibility index (Phi) is 4.98. The molecule has 0 bridgehead atoms. The molecule has 3 heterocycles. The summed E-state index contributed by atoms with van der Waals surface area (Å²) in [5.74, 6) is 0.278. The summed E-state index contributed by atoms with van der Waals surface area (Å²) in [6, 6.07) is 0. The summed E-state index contributed by atoms with van der Waals surface area (Å²) >= 11 is 0. The smallest absolute Gasteiger partial charge is 0.280 e. The van der Waals surface area contributed by atoms with Crippen LogP contribution in [0.25, 0.3) is 11.2 Å². The van der Waals surface area contributed by atoms with Gasteiger partial charge >= 0.3 is 0 Å². The molecule has 27 heavy (non-hydrogen) atoms. The van der Waals surface area contributed by atoms with Gasteiger partial charge in [0, 0.05) is 5.92 Å². The molecule has 1 fully saturated rings. The first kappa shape index (κ1) is 20.0. The van der Waals surface area contributed by atoms with E-state index in [1.54, 1.807) is 10.9 Å². The molecule has 4 atom stereocenters. The van der Waals surface area contributed by atoms with Crippen LogP contribution in [0, 0.1) is 5.92 Å². The quantitative estimate of drug-likeness (QED) is 0.773. The zero-order valence-electron chi connectivity index (χ0n) is 17.2. The van der Waals surface area contributed by atoms with Gasteiger partial charge in [-0.15, -0.1) is 0 Å². The molecular formula is C18H31N5O3Si. The predicted octanol–water partition coefficient (Wildman–Crippen LogP) is 3.04.